The van der Waals surface area contributed by atoms with E-state index in [0.29, 0.717) is 16.7 Å². The van der Waals surface area contributed by atoms with Crippen molar-refractivity contribution in [1.29, 1.82) is 0 Å². The molecule has 1 aliphatic rings. The van der Waals surface area contributed by atoms with E-state index in [4.69, 9.17) is 33.7 Å². The van der Waals surface area contributed by atoms with Crippen LogP contribution in [0.25, 0.3) is 0 Å². The van der Waals surface area contributed by atoms with Gasteiger partial charge in [0.2, 0.25) is 0 Å². The van der Waals surface area contributed by atoms with Crippen molar-refractivity contribution in [3.05, 3.63) is 33.8 Å². The minimum Gasteiger partial charge on any atom is -0.383 e. The van der Waals surface area contributed by atoms with Gasteiger partial charge in [0.15, 0.2) is 0 Å². The second kappa shape index (κ2) is 6.22. The van der Waals surface area contributed by atoms with Crippen LogP contribution in [0.1, 0.15) is 18.0 Å². The molecule has 1 fully saturated rings. The molecule has 1 heterocycles. The van der Waals surface area contributed by atoms with Crippen LogP contribution in [0.2, 0.25) is 10.0 Å². The first-order valence-electron chi connectivity index (χ1n) is 6.07. The van der Waals surface area contributed by atoms with Crippen LogP contribution in [0.5, 0.6) is 0 Å². The Morgan fingerprint density at radius 3 is 2.94 bits per heavy atom. The number of halogens is 2. The predicted octanol–water partition coefficient (Wildman–Crippen LogP) is 2.71. The molecule has 0 bridgehead atoms. The smallest absolute Gasteiger partial charge is 0.0640 e. The van der Waals surface area contributed by atoms with Gasteiger partial charge >= 0.3 is 0 Å². The zero-order valence-corrected chi connectivity index (χ0v) is 11.9. The first-order chi connectivity index (χ1) is 8.65. The third-order valence-corrected chi connectivity index (χ3v) is 4.26. The van der Waals surface area contributed by atoms with Crippen LogP contribution in [-0.2, 0) is 4.74 Å². The highest BCUT2D eigenvalue weighted by Gasteiger charge is 2.34. The Bertz CT molecular complexity index is 414. The lowest BCUT2D eigenvalue weighted by Gasteiger charge is -2.27. The minimum absolute atomic E-state index is 0.0952. The van der Waals surface area contributed by atoms with Crippen LogP contribution in [-0.4, -0.2) is 37.7 Å². The van der Waals surface area contributed by atoms with Gasteiger partial charge in [0.25, 0.3) is 0 Å². The van der Waals surface area contributed by atoms with E-state index in [1.165, 1.54) is 0 Å². The average molecular weight is 289 g/mol. The van der Waals surface area contributed by atoms with Crippen molar-refractivity contribution < 1.29 is 4.74 Å². The first-order valence-corrected chi connectivity index (χ1v) is 6.83. The Labute approximate surface area is 118 Å². The molecule has 2 N–H and O–H groups in total. The van der Waals surface area contributed by atoms with E-state index in [2.05, 4.69) is 4.90 Å². The normalized spacial score (nSPS) is 24.7. The zero-order valence-electron chi connectivity index (χ0n) is 10.4. The number of hydrogen-bond acceptors (Lipinski definition) is 3. The molecular formula is C13H18Cl2N2O. The van der Waals surface area contributed by atoms with E-state index in [1.807, 2.05) is 12.1 Å². The summed E-state index contributed by atoms with van der Waals surface area (Å²) in [6.45, 7) is 2.52. The molecule has 3 nitrogen and oxygen atoms in total. The summed E-state index contributed by atoms with van der Waals surface area (Å²) in [5.74, 6) is 0. The maximum atomic E-state index is 6.29. The maximum Gasteiger partial charge on any atom is 0.0640 e. The summed E-state index contributed by atoms with van der Waals surface area (Å²) in [5.41, 5.74) is 7.23. The van der Waals surface area contributed by atoms with E-state index >= 15 is 0 Å². The van der Waals surface area contributed by atoms with E-state index in [-0.39, 0.29) is 12.1 Å². The standard InChI is InChI=1S/C13H18Cl2N2O/c1-18-8-7-17-6-5-11(16)13(17)9-3-2-4-10(14)12(9)15/h2-4,11,13H,5-8,16H2,1H3. The molecule has 18 heavy (non-hydrogen) atoms. The molecule has 1 aromatic carbocycles. The Kier molecular flexibility index (Phi) is 4.87. The van der Waals surface area contributed by atoms with E-state index in [9.17, 15) is 0 Å². The van der Waals surface area contributed by atoms with Crippen LogP contribution < -0.4 is 5.73 Å². The number of likely N-dealkylation sites (tertiary alicyclic amines) is 1. The van der Waals surface area contributed by atoms with Crippen molar-refractivity contribution in [3.8, 4) is 0 Å². The van der Waals surface area contributed by atoms with E-state index in [1.54, 1.807) is 13.2 Å². The summed E-state index contributed by atoms with van der Waals surface area (Å²) in [6, 6.07) is 5.95. The Morgan fingerprint density at radius 2 is 2.22 bits per heavy atom. The summed E-state index contributed by atoms with van der Waals surface area (Å²) in [7, 11) is 1.71. The molecule has 2 unspecified atom stereocenters. The summed E-state index contributed by atoms with van der Waals surface area (Å²) in [5, 5.41) is 1.20. The minimum atomic E-state index is 0.0952. The van der Waals surface area contributed by atoms with Crippen molar-refractivity contribution in [2.45, 2.75) is 18.5 Å². The fourth-order valence-electron chi connectivity index (χ4n) is 2.52. The van der Waals surface area contributed by atoms with E-state index in [0.717, 1.165) is 25.1 Å². The number of nitrogens with two attached hydrogens (primary N) is 1. The molecule has 0 amide bonds. The highest BCUT2D eigenvalue weighted by molar-refractivity contribution is 6.42. The molecule has 100 valence electrons. The van der Waals surface area contributed by atoms with Gasteiger partial charge in [0.05, 0.1) is 22.7 Å². The molecule has 0 spiro atoms. The quantitative estimate of drug-likeness (QED) is 0.926. The molecule has 2 rings (SSSR count). The number of methoxy groups -OCH3 is 1. The average Bonchev–Trinajstić information content (AvgIpc) is 2.72. The van der Waals surface area contributed by atoms with Crippen LogP contribution >= 0.6 is 23.2 Å². The van der Waals surface area contributed by atoms with Gasteiger partial charge in [-0.15, -0.1) is 0 Å². The predicted molar refractivity (Wildman–Crippen MR) is 75.2 cm³/mol. The third kappa shape index (κ3) is 2.81. The van der Waals surface area contributed by atoms with Gasteiger partial charge in [-0.2, -0.15) is 0 Å². The molecule has 0 aliphatic carbocycles. The molecule has 2 atom stereocenters. The first kappa shape index (κ1) is 14.1. The Morgan fingerprint density at radius 1 is 1.44 bits per heavy atom. The number of ether oxygens (including phenoxy) is 1. The van der Waals surface area contributed by atoms with Crippen molar-refractivity contribution >= 4 is 23.2 Å². The number of hydrogen-bond donors (Lipinski definition) is 1. The SMILES string of the molecule is COCCN1CCC(N)C1c1cccc(Cl)c1Cl. The third-order valence-electron chi connectivity index (χ3n) is 3.43. The molecular weight excluding hydrogens is 271 g/mol. The lowest BCUT2D eigenvalue weighted by Crippen LogP contribution is -2.33. The molecule has 1 aromatic rings. The molecule has 0 aromatic heterocycles. The van der Waals surface area contributed by atoms with Crippen LogP contribution in [0.15, 0.2) is 18.2 Å². The van der Waals surface area contributed by atoms with Gasteiger partial charge in [-0.1, -0.05) is 35.3 Å². The van der Waals surface area contributed by atoms with Gasteiger partial charge in [-0.3, -0.25) is 4.90 Å². The van der Waals surface area contributed by atoms with Crippen LogP contribution in [0.4, 0.5) is 0 Å². The maximum absolute atomic E-state index is 6.29. The second-order valence-corrected chi connectivity index (χ2v) is 5.35. The number of nitrogens with zero attached hydrogens (tertiary/aromatic N) is 1. The molecule has 0 radical (unpaired) electrons. The molecule has 5 heteroatoms. The second-order valence-electron chi connectivity index (χ2n) is 4.57. The molecule has 0 saturated carbocycles. The number of benzene rings is 1. The lowest BCUT2D eigenvalue weighted by molar-refractivity contribution is 0.139. The van der Waals surface area contributed by atoms with Crippen LogP contribution in [0, 0.1) is 0 Å². The van der Waals surface area contributed by atoms with Gasteiger partial charge in [-0.05, 0) is 18.1 Å². The zero-order chi connectivity index (χ0) is 13.1. The highest BCUT2D eigenvalue weighted by atomic mass is 35.5. The van der Waals surface area contributed by atoms with Gasteiger partial charge in [0.1, 0.15) is 0 Å². The fourth-order valence-corrected chi connectivity index (χ4v) is 2.94. The summed E-state index contributed by atoms with van der Waals surface area (Å²) in [6.07, 6.45) is 0.969. The largest absolute Gasteiger partial charge is 0.383 e. The summed E-state index contributed by atoms with van der Waals surface area (Å²) in [4.78, 5) is 2.31. The van der Waals surface area contributed by atoms with E-state index < -0.39 is 0 Å². The Hall–Kier alpha value is -0.320. The highest BCUT2D eigenvalue weighted by Crippen LogP contribution is 2.37. The summed E-state index contributed by atoms with van der Waals surface area (Å²) < 4.78 is 5.14. The van der Waals surface area contributed by atoms with Gasteiger partial charge in [0, 0.05) is 26.2 Å². The van der Waals surface area contributed by atoms with Crippen LogP contribution in [0.3, 0.4) is 0 Å². The van der Waals surface area contributed by atoms with Crippen molar-refractivity contribution in [2.75, 3.05) is 26.8 Å². The van der Waals surface area contributed by atoms with Crippen molar-refractivity contribution in [1.82, 2.24) is 4.90 Å². The van der Waals surface area contributed by atoms with Crippen molar-refractivity contribution in [3.63, 3.8) is 0 Å². The number of rotatable bonds is 4. The Balaban J connectivity index is 2.25. The van der Waals surface area contributed by atoms with Gasteiger partial charge in [-0.25, -0.2) is 0 Å². The topological polar surface area (TPSA) is 38.5 Å². The fraction of sp³-hybridized carbons (Fsp3) is 0.538. The monoisotopic (exact) mass is 288 g/mol. The van der Waals surface area contributed by atoms with Gasteiger partial charge < -0.3 is 10.5 Å². The summed E-state index contributed by atoms with van der Waals surface area (Å²) >= 11 is 12.4. The molecule has 1 aliphatic heterocycles. The lowest BCUT2D eigenvalue weighted by atomic mass is 10.0. The van der Waals surface area contributed by atoms with Crippen molar-refractivity contribution in [2.24, 2.45) is 5.73 Å². The molecule has 1 saturated heterocycles.